The van der Waals surface area contributed by atoms with Gasteiger partial charge in [-0.25, -0.2) is 9.97 Å². The molecule has 12 aromatic rings. The molecule has 266 valence electrons. The van der Waals surface area contributed by atoms with Gasteiger partial charge in [-0.15, -0.1) is 0 Å². The van der Waals surface area contributed by atoms with Gasteiger partial charge in [0, 0.05) is 49.4 Å². The summed E-state index contributed by atoms with van der Waals surface area (Å²) in [7, 11) is 0. The van der Waals surface area contributed by atoms with Crippen LogP contribution in [0.15, 0.2) is 199 Å². The lowest BCUT2D eigenvalue weighted by Gasteiger charge is -2.12. The molecule has 4 aromatic heterocycles. The van der Waals surface area contributed by atoms with E-state index in [9.17, 15) is 0 Å². The summed E-state index contributed by atoms with van der Waals surface area (Å²) in [5.74, 6) is 0. The van der Waals surface area contributed by atoms with Gasteiger partial charge < -0.3 is 8.98 Å². The van der Waals surface area contributed by atoms with Gasteiger partial charge in [0.05, 0.1) is 27.9 Å². The third kappa shape index (κ3) is 4.82. The highest BCUT2D eigenvalue weighted by Crippen LogP contribution is 2.43. The largest absolute Gasteiger partial charge is 0.456 e. The molecular weight excluding hydrogens is 697 g/mol. The predicted octanol–water partition coefficient (Wildman–Crippen LogP) is 13.6. The molecule has 0 saturated heterocycles. The van der Waals surface area contributed by atoms with E-state index in [-0.39, 0.29) is 0 Å². The van der Waals surface area contributed by atoms with Gasteiger partial charge in [0.1, 0.15) is 16.7 Å². The first kappa shape index (κ1) is 31.6. The Morgan fingerprint density at radius 3 is 1.70 bits per heavy atom. The Kier molecular flexibility index (Phi) is 6.86. The van der Waals surface area contributed by atoms with Crippen LogP contribution in [0.2, 0.25) is 0 Å². The number of nitrogens with zero attached hydrogens (tertiary/aromatic N) is 4. The molecule has 0 aliphatic heterocycles. The predicted molar refractivity (Wildman–Crippen MR) is 234 cm³/mol. The highest BCUT2D eigenvalue weighted by Gasteiger charge is 2.23. The van der Waals surface area contributed by atoms with Crippen LogP contribution in [-0.4, -0.2) is 19.1 Å². The second-order valence-electron chi connectivity index (χ2n) is 14.6. The maximum absolute atomic E-state index is 6.36. The molecule has 0 fully saturated rings. The van der Waals surface area contributed by atoms with Crippen molar-refractivity contribution >= 4 is 65.8 Å². The number of benzene rings is 8. The van der Waals surface area contributed by atoms with E-state index in [1.165, 1.54) is 21.8 Å². The van der Waals surface area contributed by atoms with Crippen molar-refractivity contribution in [2.24, 2.45) is 0 Å². The van der Waals surface area contributed by atoms with Crippen LogP contribution in [0.1, 0.15) is 0 Å². The van der Waals surface area contributed by atoms with Gasteiger partial charge in [0.15, 0.2) is 5.65 Å². The van der Waals surface area contributed by atoms with Gasteiger partial charge >= 0.3 is 0 Å². The standard InChI is InChI=1S/C52H32N4O/c1-4-15-33(16-5-1)49-50(40-23-14-26-47-48(40)39-22-11-13-25-46(39)57-47)54-52-51(53-49)42-32-35(28-30-45(42)56(52)37-19-8-3-9-20-37)34-27-29-44-41(31-34)38-21-10-12-24-43(38)55(44)36-17-6-2-7-18-36/h1-32H. The van der Waals surface area contributed by atoms with Crippen LogP contribution in [0, 0.1) is 0 Å². The van der Waals surface area contributed by atoms with Crippen molar-refractivity contribution in [2.45, 2.75) is 0 Å². The van der Waals surface area contributed by atoms with Crippen molar-refractivity contribution in [1.82, 2.24) is 19.1 Å². The summed E-state index contributed by atoms with van der Waals surface area (Å²) in [4.78, 5) is 11.2. The molecule has 0 aliphatic carbocycles. The first-order chi connectivity index (χ1) is 28.3. The number of aromatic nitrogens is 4. The summed E-state index contributed by atoms with van der Waals surface area (Å²) >= 11 is 0. The van der Waals surface area contributed by atoms with Crippen LogP contribution in [0.3, 0.4) is 0 Å². The number of rotatable bonds is 5. The van der Waals surface area contributed by atoms with Crippen molar-refractivity contribution < 1.29 is 4.42 Å². The topological polar surface area (TPSA) is 48.8 Å². The van der Waals surface area contributed by atoms with E-state index < -0.39 is 0 Å². The van der Waals surface area contributed by atoms with E-state index in [1.54, 1.807) is 0 Å². The molecule has 12 rings (SSSR count). The van der Waals surface area contributed by atoms with Crippen LogP contribution in [0.25, 0.3) is 111 Å². The van der Waals surface area contributed by atoms with Gasteiger partial charge in [0.25, 0.3) is 0 Å². The van der Waals surface area contributed by atoms with Gasteiger partial charge in [-0.2, -0.15) is 0 Å². The Bertz CT molecular complexity index is 3510. The van der Waals surface area contributed by atoms with Crippen LogP contribution in [0.5, 0.6) is 0 Å². The average Bonchev–Trinajstić information content (AvgIpc) is 3.94. The summed E-state index contributed by atoms with van der Waals surface area (Å²) in [5, 5.41) is 5.58. The zero-order valence-electron chi connectivity index (χ0n) is 30.7. The van der Waals surface area contributed by atoms with Gasteiger partial charge in [-0.1, -0.05) is 127 Å². The third-order valence-corrected chi connectivity index (χ3v) is 11.3. The summed E-state index contributed by atoms with van der Waals surface area (Å²) in [6, 6.07) is 68.2. The minimum absolute atomic E-state index is 0.800. The lowest BCUT2D eigenvalue weighted by Crippen LogP contribution is -1.99. The molecule has 4 heterocycles. The Hall–Kier alpha value is -7.76. The van der Waals surface area contributed by atoms with E-state index >= 15 is 0 Å². The smallest absolute Gasteiger partial charge is 0.165 e. The fourth-order valence-corrected chi connectivity index (χ4v) is 8.78. The number of furan rings is 1. The molecular formula is C52H32N4O. The first-order valence-corrected chi connectivity index (χ1v) is 19.3. The number of fused-ring (bicyclic) bond motifs is 9. The molecule has 5 nitrogen and oxygen atoms in total. The Balaban J connectivity index is 1.14. The number of para-hydroxylation sites is 4. The molecule has 57 heavy (non-hydrogen) atoms. The van der Waals surface area contributed by atoms with Crippen LogP contribution in [0.4, 0.5) is 0 Å². The highest BCUT2D eigenvalue weighted by molar-refractivity contribution is 6.15. The van der Waals surface area contributed by atoms with Crippen molar-refractivity contribution in [2.75, 3.05) is 0 Å². The molecule has 0 unspecified atom stereocenters. The zero-order chi connectivity index (χ0) is 37.5. The lowest BCUT2D eigenvalue weighted by molar-refractivity contribution is 0.669. The second-order valence-corrected chi connectivity index (χ2v) is 14.6. The molecule has 0 saturated carbocycles. The van der Waals surface area contributed by atoms with Crippen molar-refractivity contribution in [1.29, 1.82) is 0 Å². The van der Waals surface area contributed by atoms with Gasteiger partial charge in [0.2, 0.25) is 0 Å². The van der Waals surface area contributed by atoms with E-state index in [2.05, 4.69) is 173 Å². The fraction of sp³-hybridized carbons (Fsp3) is 0. The SMILES string of the molecule is c1ccc(-c2nc3c4cc(-c5ccc6c(c5)c5ccccc5n6-c5ccccc5)ccc4n(-c4ccccc4)c3nc2-c2cccc3oc4ccccc4c23)cc1. The molecule has 0 spiro atoms. The fourth-order valence-electron chi connectivity index (χ4n) is 8.78. The summed E-state index contributed by atoms with van der Waals surface area (Å²) in [5.41, 5.74) is 14.8. The van der Waals surface area contributed by atoms with E-state index in [4.69, 9.17) is 14.4 Å². The quantitative estimate of drug-likeness (QED) is 0.177. The van der Waals surface area contributed by atoms with E-state index in [0.717, 1.165) is 89.0 Å². The van der Waals surface area contributed by atoms with Crippen LogP contribution < -0.4 is 0 Å². The van der Waals surface area contributed by atoms with E-state index in [1.807, 2.05) is 30.3 Å². The molecule has 0 bridgehead atoms. The van der Waals surface area contributed by atoms with Crippen molar-refractivity contribution in [3.05, 3.63) is 194 Å². The minimum Gasteiger partial charge on any atom is -0.456 e. The molecule has 0 N–H and O–H groups in total. The minimum atomic E-state index is 0.800. The lowest BCUT2D eigenvalue weighted by atomic mass is 9.99. The molecule has 0 aliphatic rings. The number of hydrogen-bond donors (Lipinski definition) is 0. The number of hydrogen-bond acceptors (Lipinski definition) is 3. The highest BCUT2D eigenvalue weighted by atomic mass is 16.3. The van der Waals surface area contributed by atoms with Crippen molar-refractivity contribution in [3.8, 4) is 45.0 Å². The Morgan fingerprint density at radius 1 is 0.368 bits per heavy atom. The summed E-state index contributed by atoms with van der Waals surface area (Å²) in [6.07, 6.45) is 0. The van der Waals surface area contributed by atoms with Crippen molar-refractivity contribution in [3.63, 3.8) is 0 Å². The van der Waals surface area contributed by atoms with Gasteiger partial charge in [-0.3, -0.25) is 4.57 Å². The molecule has 5 heteroatoms. The van der Waals surface area contributed by atoms with Crippen LogP contribution in [-0.2, 0) is 0 Å². The third-order valence-electron chi connectivity index (χ3n) is 11.3. The normalized spacial score (nSPS) is 11.9. The molecule has 0 radical (unpaired) electrons. The van der Waals surface area contributed by atoms with E-state index in [0.29, 0.717) is 0 Å². The second kappa shape index (κ2) is 12.4. The average molecular weight is 729 g/mol. The molecule has 8 aromatic carbocycles. The Morgan fingerprint density at radius 2 is 0.947 bits per heavy atom. The monoisotopic (exact) mass is 728 g/mol. The zero-order valence-corrected chi connectivity index (χ0v) is 30.7. The summed E-state index contributed by atoms with van der Waals surface area (Å²) < 4.78 is 11.0. The van der Waals surface area contributed by atoms with Crippen LogP contribution >= 0.6 is 0 Å². The molecule has 0 atom stereocenters. The summed E-state index contributed by atoms with van der Waals surface area (Å²) in [6.45, 7) is 0. The molecule has 0 amide bonds. The first-order valence-electron chi connectivity index (χ1n) is 19.3. The van der Waals surface area contributed by atoms with Gasteiger partial charge in [-0.05, 0) is 77.9 Å². The maximum atomic E-state index is 6.36. The maximum Gasteiger partial charge on any atom is 0.165 e. The Labute approximate surface area is 327 Å².